The summed E-state index contributed by atoms with van der Waals surface area (Å²) in [6.07, 6.45) is 5.02. The molecule has 0 atom stereocenters. The minimum Gasteiger partial charge on any atom is -0.467 e. The van der Waals surface area contributed by atoms with Gasteiger partial charge in [0, 0.05) is 42.7 Å². The van der Waals surface area contributed by atoms with Crippen molar-refractivity contribution in [2.45, 2.75) is 39.8 Å². The molecule has 0 aliphatic rings. The van der Waals surface area contributed by atoms with Crippen LogP contribution < -0.4 is 0 Å². The molecule has 0 unspecified atom stereocenters. The van der Waals surface area contributed by atoms with Crippen molar-refractivity contribution in [3.8, 4) is 0 Å². The Kier molecular flexibility index (Phi) is 8.24. The van der Waals surface area contributed by atoms with Gasteiger partial charge in [0.2, 0.25) is 5.91 Å². The lowest BCUT2D eigenvalue weighted by Gasteiger charge is -2.27. The summed E-state index contributed by atoms with van der Waals surface area (Å²) in [5.41, 5.74) is 1.50. The standard InChI is InChI=1S/C25H30N4O5/c1-4-5-13-27(25(31)20-11-10-19(2)23(15-20)29(32)33)18-24(30)28(17-22-9-7-14-34-22)16-21-8-6-12-26(21)3/h6-12,14-15H,4-5,13,16-18H2,1-3H3. The van der Waals surface area contributed by atoms with Gasteiger partial charge in [0.25, 0.3) is 11.6 Å². The Morgan fingerprint density at radius 2 is 1.91 bits per heavy atom. The topological polar surface area (TPSA) is 102 Å². The number of carbonyl (C=O) groups is 2. The molecule has 2 aromatic heterocycles. The van der Waals surface area contributed by atoms with E-state index in [4.69, 9.17) is 4.42 Å². The molecule has 0 spiro atoms. The Hall–Kier alpha value is -3.88. The molecule has 0 N–H and O–H groups in total. The van der Waals surface area contributed by atoms with Crippen LogP contribution in [0.1, 0.15) is 47.1 Å². The Labute approximate surface area is 198 Å². The van der Waals surface area contributed by atoms with Gasteiger partial charge in [-0.1, -0.05) is 19.4 Å². The van der Waals surface area contributed by atoms with Crippen molar-refractivity contribution >= 4 is 17.5 Å². The van der Waals surface area contributed by atoms with E-state index in [0.717, 1.165) is 12.1 Å². The summed E-state index contributed by atoms with van der Waals surface area (Å²) >= 11 is 0. The van der Waals surface area contributed by atoms with E-state index >= 15 is 0 Å². The molecule has 2 heterocycles. The largest absolute Gasteiger partial charge is 0.467 e. The maximum Gasteiger partial charge on any atom is 0.273 e. The number of rotatable bonds is 11. The highest BCUT2D eigenvalue weighted by Crippen LogP contribution is 2.21. The molecular formula is C25H30N4O5. The SMILES string of the molecule is CCCCN(CC(=O)N(Cc1ccco1)Cc1cccn1C)C(=O)c1ccc(C)c([N+](=O)[O-])c1. The number of amides is 2. The zero-order valence-corrected chi connectivity index (χ0v) is 19.8. The molecule has 0 bridgehead atoms. The van der Waals surface area contributed by atoms with E-state index in [1.54, 1.807) is 42.4 Å². The first-order valence-electron chi connectivity index (χ1n) is 11.2. The summed E-state index contributed by atoms with van der Waals surface area (Å²) in [5, 5.41) is 11.3. The van der Waals surface area contributed by atoms with Crippen LogP contribution in [0, 0.1) is 17.0 Å². The van der Waals surface area contributed by atoms with E-state index in [2.05, 4.69) is 0 Å². The number of hydrogen-bond acceptors (Lipinski definition) is 5. The lowest BCUT2D eigenvalue weighted by atomic mass is 10.1. The van der Waals surface area contributed by atoms with Crippen molar-refractivity contribution in [3.05, 3.63) is 87.6 Å². The maximum absolute atomic E-state index is 13.4. The van der Waals surface area contributed by atoms with Crippen molar-refractivity contribution in [3.63, 3.8) is 0 Å². The molecule has 0 aliphatic carbocycles. The summed E-state index contributed by atoms with van der Waals surface area (Å²) < 4.78 is 7.39. The number of furan rings is 1. The van der Waals surface area contributed by atoms with Crippen molar-refractivity contribution in [2.24, 2.45) is 7.05 Å². The van der Waals surface area contributed by atoms with Gasteiger partial charge in [-0.15, -0.1) is 0 Å². The molecule has 0 saturated heterocycles. The number of aromatic nitrogens is 1. The van der Waals surface area contributed by atoms with Gasteiger partial charge in [-0.3, -0.25) is 19.7 Å². The molecule has 9 nitrogen and oxygen atoms in total. The molecule has 1 aromatic carbocycles. The first kappa shape index (κ1) is 24.8. The third-order valence-corrected chi connectivity index (χ3v) is 5.73. The van der Waals surface area contributed by atoms with E-state index in [0.29, 0.717) is 30.8 Å². The number of nitrogens with zero attached hydrogens (tertiary/aromatic N) is 4. The van der Waals surface area contributed by atoms with Crippen LogP contribution in [-0.4, -0.2) is 44.2 Å². The van der Waals surface area contributed by atoms with Crippen LogP contribution in [0.2, 0.25) is 0 Å². The van der Waals surface area contributed by atoms with Crippen molar-refractivity contribution < 1.29 is 18.9 Å². The zero-order valence-electron chi connectivity index (χ0n) is 19.8. The fraction of sp³-hybridized carbons (Fsp3) is 0.360. The number of benzene rings is 1. The highest BCUT2D eigenvalue weighted by molar-refractivity contribution is 5.97. The Bertz CT molecular complexity index is 1140. The molecule has 3 rings (SSSR count). The Morgan fingerprint density at radius 1 is 1.12 bits per heavy atom. The number of unbranched alkanes of at least 4 members (excludes halogenated alkanes) is 1. The average Bonchev–Trinajstić information content (AvgIpc) is 3.47. The van der Waals surface area contributed by atoms with Gasteiger partial charge < -0.3 is 18.8 Å². The molecule has 0 aliphatic heterocycles. The highest BCUT2D eigenvalue weighted by atomic mass is 16.6. The molecule has 0 fully saturated rings. The third kappa shape index (κ3) is 6.12. The first-order valence-corrected chi connectivity index (χ1v) is 11.2. The smallest absolute Gasteiger partial charge is 0.273 e. The minimum atomic E-state index is -0.501. The lowest BCUT2D eigenvalue weighted by Crippen LogP contribution is -2.43. The van der Waals surface area contributed by atoms with Gasteiger partial charge in [0.1, 0.15) is 12.3 Å². The number of carbonyl (C=O) groups excluding carboxylic acids is 2. The van der Waals surface area contributed by atoms with Crippen molar-refractivity contribution in [1.82, 2.24) is 14.4 Å². The van der Waals surface area contributed by atoms with Crippen molar-refractivity contribution in [1.29, 1.82) is 0 Å². The van der Waals surface area contributed by atoms with Gasteiger partial charge >= 0.3 is 0 Å². The van der Waals surface area contributed by atoms with Crippen LogP contribution in [0.3, 0.4) is 0 Å². The predicted octanol–water partition coefficient (Wildman–Crippen LogP) is 4.31. The van der Waals surface area contributed by atoms with E-state index < -0.39 is 10.8 Å². The highest BCUT2D eigenvalue weighted by Gasteiger charge is 2.25. The molecule has 0 saturated carbocycles. The summed E-state index contributed by atoms with van der Waals surface area (Å²) in [4.78, 5) is 40.7. The summed E-state index contributed by atoms with van der Waals surface area (Å²) in [7, 11) is 1.91. The fourth-order valence-corrected chi connectivity index (χ4v) is 3.67. The molecule has 0 radical (unpaired) electrons. The molecule has 2 amide bonds. The van der Waals surface area contributed by atoms with Gasteiger partial charge in [0.15, 0.2) is 0 Å². The monoisotopic (exact) mass is 466 g/mol. The molecule has 180 valence electrons. The maximum atomic E-state index is 13.4. The molecule has 3 aromatic rings. The summed E-state index contributed by atoms with van der Waals surface area (Å²) in [6, 6.07) is 11.8. The van der Waals surface area contributed by atoms with Crippen LogP contribution in [0.4, 0.5) is 5.69 Å². The van der Waals surface area contributed by atoms with E-state index in [-0.39, 0.29) is 30.2 Å². The second-order valence-electron chi connectivity index (χ2n) is 8.28. The summed E-state index contributed by atoms with van der Waals surface area (Å²) in [6.45, 7) is 4.49. The second-order valence-corrected chi connectivity index (χ2v) is 8.28. The van der Waals surface area contributed by atoms with Crippen LogP contribution in [0.25, 0.3) is 0 Å². The van der Waals surface area contributed by atoms with Crippen LogP contribution in [0.15, 0.2) is 59.3 Å². The van der Waals surface area contributed by atoms with Crippen molar-refractivity contribution in [2.75, 3.05) is 13.1 Å². The van der Waals surface area contributed by atoms with Crippen LogP contribution >= 0.6 is 0 Å². The fourth-order valence-electron chi connectivity index (χ4n) is 3.67. The molecule has 34 heavy (non-hydrogen) atoms. The molecule has 9 heteroatoms. The quantitative estimate of drug-likeness (QED) is 0.310. The second kappa shape index (κ2) is 11.3. The third-order valence-electron chi connectivity index (χ3n) is 5.73. The molecular weight excluding hydrogens is 436 g/mol. The number of aryl methyl sites for hydroxylation is 2. The van der Waals surface area contributed by atoms with Crippen LogP contribution in [0.5, 0.6) is 0 Å². The minimum absolute atomic E-state index is 0.115. The average molecular weight is 467 g/mol. The Balaban J connectivity index is 1.84. The van der Waals surface area contributed by atoms with Crippen LogP contribution in [-0.2, 0) is 24.9 Å². The number of nitro groups is 1. The Morgan fingerprint density at radius 3 is 2.53 bits per heavy atom. The normalized spacial score (nSPS) is 10.8. The lowest BCUT2D eigenvalue weighted by molar-refractivity contribution is -0.385. The van der Waals surface area contributed by atoms with Gasteiger partial charge in [0.05, 0.1) is 24.3 Å². The van der Waals surface area contributed by atoms with Gasteiger partial charge in [-0.2, -0.15) is 0 Å². The number of hydrogen-bond donors (Lipinski definition) is 0. The number of nitro benzene ring substituents is 1. The summed E-state index contributed by atoms with van der Waals surface area (Å²) in [5.74, 6) is 0.00790. The predicted molar refractivity (Wildman–Crippen MR) is 127 cm³/mol. The van der Waals surface area contributed by atoms with Gasteiger partial charge in [-0.25, -0.2) is 0 Å². The zero-order chi connectivity index (χ0) is 24.7. The van der Waals surface area contributed by atoms with E-state index in [1.807, 2.05) is 36.9 Å². The van der Waals surface area contributed by atoms with Gasteiger partial charge in [-0.05, 0) is 43.7 Å². The first-order chi connectivity index (χ1) is 16.3. The van der Waals surface area contributed by atoms with E-state index in [9.17, 15) is 19.7 Å². The van der Waals surface area contributed by atoms with E-state index in [1.165, 1.54) is 11.0 Å².